The number of fused-ring (bicyclic) bond motifs is 1. The smallest absolute Gasteiger partial charge is 0.117 e. The minimum Gasteiger partial charge on any atom is -0.464 e. The van der Waals surface area contributed by atoms with E-state index in [1.54, 1.807) is 11.3 Å². The second-order valence-electron chi connectivity index (χ2n) is 5.80. The first kappa shape index (κ1) is 13.0. The van der Waals surface area contributed by atoms with Crippen molar-refractivity contribution in [3.63, 3.8) is 0 Å². The quantitative estimate of drug-likeness (QED) is 0.763. The minimum atomic E-state index is 0.656. The fourth-order valence-electron chi connectivity index (χ4n) is 2.70. The van der Waals surface area contributed by atoms with Gasteiger partial charge in [0.15, 0.2) is 0 Å². The lowest BCUT2D eigenvalue weighted by atomic mass is 10.3. The van der Waals surface area contributed by atoms with Crippen LogP contribution in [0.5, 0.6) is 0 Å². The summed E-state index contributed by atoms with van der Waals surface area (Å²) >= 11 is 1.75. The van der Waals surface area contributed by atoms with Crippen LogP contribution in [0.15, 0.2) is 40.8 Å². The van der Waals surface area contributed by atoms with Crippen LogP contribution in [0.25, 0.3) is 10.2 Å². The van der Waals surface area contributed by atoms with E-state index in [9.17, 15) is 0 Å². The third kappa shape index (κ3) is 2.74. The second kappa shape index (κ2) is 5.28. The van der Waals surface area contributed by atoms with Gasteiger partial charge >= 0.3 is 0 Å². The monoisotopic (exact) mass is 298 g/mol. The number of para-hydroxylation sites is 1. The first-order chi connectivity index (χ1) is 10.3. The van der Waals surface area contributed by atoms with Crippen LogP contribution in [0, 0.1) is 5.92 Å². The van der Waals surface area contributed by atoms with E-state index in [4.69, 9.17) is 4.42 Å². The van der Waals surface area contributed by atoms with Crippen molar-refractivity contribution in [2.24, 2.45) is 5.92 Å². The molecule has 21 heavy (non-hydrogen) atoms. The van der Waals surface area contributed by atoms with Crippen molar-refractivity contribution in [2.45, 2.75) is 32.4 Å². The molecule has 1 aliphatic carbocycles. The van der Waals surface area contributed by atoms with E-state index < -0.39 is 0 Å². The van der Waals surface area contributed by atoms with Gasteiger partial charge in [0.25, 0.3) is 0 Å². The molecule has 2 atom stereocenters. The predicted molar refractivity (Wildman–Crippen MR) is 85.4 cm³/mol. The number of furan rings is 1. The molecular formula is C17H18N2OS. The van der Waals surface area contributed by atoms with Gasteiger partial charge < -0.3 is 9.73 Å². The lowest BCUT2D eigenvalue weighted by Crippen LogP contribution is -2.11. The Labute approximate surface area is 128 Å². The summed E-state index contributed by atoms with van der Waals surface area (Å²) in [6.07, 6.45) is 1.27. The molecule has 1 fully saturated rings. The van der Waals surface area contributed by atoms with Crippen molar-refractivity contribution in [2.75, 3.05) is 0 Å². The lowest BCUT2D eigenvalue weighted by molar-refractivity contribution is 0.444. The van der Waals surface area contributed by atoms with E-state index in [1.807, 2.05) is 6.07 Å². The summed E-state index contributed by atoms with van der Waals surface area (Å²) in [6, 6.07) is 12.5. The zero-order chi connectivity index (χ0) is 14.2. The molecule has 4 rings (SSSR count). The summed E-state index contributed by atoms with van der Waals surface area (Å²) in [7, 11) is 0. The zero-order valence-electron chi connectivity index (χ0n) is 12.0. The third-order valence-corrected chi connectivity index (χ3v) is 5.11. The fraction of sp³-hybridized carbons (Fsp3) is 0.353. The van der Waals surface area contributed by atoms with Crippen LogP contribution in [-0.4, -0.2) is 4.98 Å². The maximum atomic E-state index is 5.90. The molecule has 4 heteroatoms. The van der Waals surface area contributed by atoms with Gasteiger partial charge in [-0.3, -0.25) is 0 Å². The Balaban J connectivity index is 1.35. The molecule has 0 saturated heterocycles. The molecule has 3 nitrogen and oxygen atoms in total. The topological polar surface area (TPSA) is 38.1 Å². The number of hydrogen-bond donors (Lipinski definition) is 1. The van der Waals surface area contributed by atoms with Crippen LogP contribution in [0.2, 0.25) is 0 Å². The van der Waals surface area contributed by atoms with Crippen molar-refractivity contribution < 1.29 is 4.42 Å². The van der Waals surface area contributed by atoms with E-state index in [0.717, 1.165) is 41.1 Å². The van der Waals surface area contributed by atoms with Crippen molar-refractivity contribution >= 4 is 21.6 Å². The van der Waals surface area contributed by atoms with Crippen LogP contribution >= 0.6 is 11.3 Å². The number of nitrogens with zero attached hydrogens (tertiary/aromatic N) is 1. The molecule has 0 radical (unpaired) electrons. The maximum absolute atomic E-state index is 5.90. The lowest BCUT2D eigenvalue weighted by Gasteiger charge is -1.99. The molecule has 0 bridgehead atoms. The molecule has 1 aliphatic rings. The van der Waals surface area contributed by atoms with E-state index >= 15 is 0 Å². The van der Waals surface area contributed by atoms with Crippen molar-refractivity contribution in [1.82, 2.24) is 10.3 Å². The first-order valence-corrected chi connectivity index (χ1v) is 8.25. The van der Waals surface area contributed by atoms with Gasteiger partial charge in [0.05, 0.1) is 16.8 Å². The number of benzene rings is 1. The van der Waals surface area contributed by atoms with Gasteiger partial charge in [-0.15, -0.1) is 11.3 Å². The highest BCUT2D eigenvalue weighted by Gasteiger charge is 2.36. The molecule has 3 aromatic rings. The van der Waals surface area contributed by atoms with E-state index in [1.165, 1.54) is 11.1 Å². The number of thiazole rings is 1. The largest absolute Gasteiger partial charge is 0.464 e. The standard InChI is InChI=1S/C17H18N2OS/c1-11-8-13(11)15-7-6-12(20-15)9-18-10-17-19-14-4-2-3-5-16(14)21-17/h2-7,11,13,18H,8-10H2,1H3. The normalized spacial score (nSPS) is 21.0. The van der Waals surface area contributed by atoms with Crippen LogP contribution in [0.4, 0.5) is 0 Å². The summed E-state index contributed by atoms with van der Waals surface area (Å²) < 4.78 is 7.14. The molecule has 2 unspecified atom stereocenters. The Bertz CT molecular complexity index is 728. The average Bonchev–Trinajstić information content (AvgIpc) is 2.92. The molecule has 1 N–H and O–H groups in total. The average molecular weight is 298 g/mol. The van der Waals surface area contributed by atoms with Gasteiger partial charge in [-0.2, -0.15) is 0 Å². The highest BCUT2D eigenvalue weighted by atomic mass is 32.1. The summed E-state index contributed by atoms with van der Waals surface area (Å²) in [5.74, 6) is 3.62. The number of rotatable bonds is 5. The Morgan fingerprint density at radius 2 is 2.10 bits per heavy atom. The third-order valence-electron chi connectivity index (χ3n) is 4.07. The Hall–Kier alpha value is -1.65. The molecule has 1 aromatic carbocycles. The molecule has 1 saturated carbocycles. The van der Waals surface area contributed by atoms with Gasteiger partial charge in [0.1, 0.15) is 16.5 Å². The highest BCUT2D eigenvalue weighted by Crippen LogP contribution is 2.47. The molecule has 2 heterocycles. The Morgan fingerprint density at radius 1 is 1.24 bits per heavy atom. The SMILES string of the molecule is CC1CC1c1ccc(CNCc2nc3ccccc3s2)o1. The van der Waals surface area contributed by atoms with E-state index in [0.29, 0.717) is 5.92 Å². The summed E-state index contributed by atoms with van der Waals surface area (Å²) in [5.41, 5.74) is 1.09. The van der Waals surface area contributed by atoms with Gasteiger partial charge in [-0.05, 0) is 36.6 Å². The van der Waals surface area contributed by atoms with Crippen LogP contribution in [0.1, 0.15) is 35.8 Å². The van der Waals surface area contributed by atoms with Gasteiger partial charge in [-0.1, -0.05) is 19.1 Å². The summed E-state index contributed by atoms with van der Waals surface area (Å²) in [4.78, 5) is 4.62. The van der Waals surface area contributed by atoms with Gasteiger partial charge in [-0.25, -0.2) is 4.98 Å². The molecule has 0 spiro atoms. The van der Waals surface area contributed by atoms with Gasteiger partial charge in [0.2, 0.25) is 0 Å². The Morgan fingerprint density at radius 3 is 2.90 bits per heavy atom. The zero-order valence-corrected chi connectivity index (χ0v) is 12.8. The molecule has 0 aliphatic heterocycles. The highest BCUT2D eigenvalue weighted by molar-refractivity contribution is 7.18. The number of nitrogens with one attached hydrogen (secondary N) is 1. The van der Waals surface area contributed by atoms with E-state index in [2.05, 4.69) is 47.6 Å². The first-order valence-electron chi connectivity index (χ1n) is 7.43. The van der Waals surface area contributed by atoms with Crippen LogP contribution < -0.4 is 5.32 Å². The van der Waals surface area contributed by atoms with Crippen molar-refractivity contribution in [3.05, 3.63) is 52.9 Å². The molecular weight excluding hydrogens is 280 g/mol. The van der Waals surface area contributed by atoms with Gasteiger partial charge in [0, 0.05) is 12.5 Å². The second-order valence-corrected chi connectivity index (χ2v) is 6.92. The Kier molecular flexibility index (Phi) is 3.28. The van der Waals surface area contributed by atoms with E-state index in [-0.39, 0.29) is 0 Å². The van der Waals surface area contributed by atoms with Crippen LogP contribution in [-0.2, 0) is 13.1 Å². The molecule has 2 aromatic heterocycles. The van der Waals surface area contributed by atoms with Crippen molar-refractivity contribution in [3.8, 4) is 0 Å². The molecule has 0 amide bonds. The summed E-state index contributed by atoms with van der Waals surface area (Å²) in [5, 5.41) is 4.54. The fourth-order valence-corrected chi connectivity index (χ4v) is 3.63. The number of hydrogen-bond acceptors (Lipinski definition) is 4. The maximum Gasteiger partial charge on any atom is 0.117 e. The minimum absolute atomic E-state index is 0.656. The van der Waals surface area contributed by atoms with Crippen molar-refractivity contribution in [1.29, 1.82) is 0 Å². The summed E-state index contributed by atoms with van der Waals surface area (Å²) in [6.45, 7) is 3.82. The number of aromatic nitrogens is 1. The predicted octanol–water partition coefficient (Wildman–Crippen LogP) is 4.30. The van der Waals surface area contributed by atoms with Crippen LogP contribution in [0.3, 0.4) is 0 Å². The molecule has 108 valence electrons.